The largest absolute Gasteiger partial charge is 0.487 e. The summed E-state index contributed by atoms with van der Waals surface area (Å²) in [5.41, 5.74) is 2.81. The number of ether oxygens (including phenoxy) is 1. The molecule has 0 radical (unpaired) electrons. The summed E-state index contributed by atoms with van der Waals surface area (Å²) in [4.78, 5) is 33.0. The lowest BCUT2D eigenvalue weighted by Crippen LogP contribution is -2.22. The maximum Gasteiger partial charge on any atom is 0.346 e. The van der Waals surface area contributed by atoms with Crippen molar-refractivity contribution >= 4 is 34.9 Å². The number of ketones is 1. The quantitative estimate of drug-likeness (QED) is 0.613. The molecule has 2 heterocycles. The van der Waals surface area contributed by atoms with Crippen LogP contribution in [0.5, 0.6) is 5.06 Å². The summed E-state index contributed by atoms with van der Waals surface area (Å²) in [6, 6.07) is 0. The van der Waals surface area contributed by atoms with Crippen LogP contribution in [-0.4, -0.2) is 39.7 Å². The van der Waals surface area contributed by atoms with Crippen molar-refractivity contribution in [2.24, 2.45) is 5.41 Å². The number of thiophene rings is 1. The minimum Gasteiger partial charge on any atom is -0.487 e. The number of carbonyl (C=O) groups excluding carboxylic acids is 1. The van der Waals surface area contributed by atoms with E-state index >= 15 is 0 Å². The molecule has 0 unspecified atom stereocenters. The molecule has 0 saturated carbocycles. The van der Waals surface area contributed by atoms with Gasteiger partial charge in [-0.2, -0.15) is 0 Å². The minimum absolute atomic E-state index is 0.130. The van der Waals surface area contributed by atoms with E-state index in [1.165, 1.54) is 18.9 Å². The first-order chi connectivity index (χ1) is 12.2. The molecule has 2 aromatic heterocycles. The lowest BCUT2D eigenvalue weighted by Gasteiger charge is -2.18. The first kappa shape index (κ1) is 18.8. The topological polar surface area (TPSA) is 89.4 Å². The third-order valence-electron chi connectivity index (χ3n) is 4.25. The molecule has 1 N–H and O–H groups in total. The van der Waals surface area contributed by atoms with Crippen molar-refractivity contribution in [1.82, 2.24) is 9.97 Å². The highest BCUT2D eigenvalue weighted by Crippen LogP contribution is 2.46. The Kier molecular flexibility index (Phi) is 5.07. The maximum absolute atomic E-state index is 12.1. The number of fused-ring (bicyclic) bond motifs is 3. The van der Waals surface area contributed by atoms with E-state index in [-0.39, 0.29) is 5.78 Å². The van der Waals surface area contributed by atoms with E-state index in [0.29, 0.717) is 39.4 Å². The van der Waals surface area contributed by atoms with Crippen LogP contribution in [-0.2, 0) is 17.6 Å². The highest BCUT2D eigenvalue weighted by Gasteiger charge is 2.30. The molecule has 0 aromatic carbocycles. The molecule has 8 heteroatoms. The van der Waals surface area contributed by atoms with Gasteiger partial charge in [-0.05, 0) is 24.0 Å². The van der Waals surface area contributed by atoms with E-state index in [9.17, 15) is 14.7 Å². The van der Waals surface area contributed by atoms with Gasteiger partial charge in [-0.15, -0.1) is 0 Å². The minimum atomic E-state index is -0.947. The number of Topliss-reactive ketones (excluding diaryl/α,β-unsaturated/α-hetero) is 1. The van der Waals surface area contributed by atoms with Crippen LogP contribution >= 0.6 is 23.1 Å². The van der Waals surface area contributed by atoms with E-state index in [0.717, 1.165) is 28.0 Å². The van der Waals surface area contributed by atoms with E-state index in [1.54, 1.807) is 6.20 Å². The van der Waals surface area contributed by atoms with Gasteiger partial charge in [0.15, 0.2) is 10.2 Å². The van der Waals surface area contributed by atoms with E-state index in [2.05, 4.69) is 9.97 Å². The number of hydrogen-bond donors (Lipinski definition) is 1. The molecule has 138 valence electrons. The molecule has 0 spiro atoms. The third-order valence-corrected chi connectivity index (χ3v) is 6.29. The third kappa shape index (κ3) is 3.48. The van der Waals surface area contributed by atoms with Gasteiger partial charge in [0.25, 0.3) is 0 Å². The van der Waals surface area contributed by atoms with Gasteiger partial charge in [0, 0.05) is 11.6 Å². The molecule has 0 aliphatic heterocycles. The van der Waals surface area contributed by atoms with Crippen molar-refractivity contribution in [3.05, 3.63) is 22.2 Å². The molecule has 0 saturated heterocycles. The van der Waals surface area contributed by atoms with Gasteiger partial charge in [-0.1, -0.05) is 43.9 Å². The Morgan fingerprint density at radius 2 is 2.08 bits per heavy atom. The fourth-order valence-corrected chi connectivity index (χ4v) is 4.68. The molecular weight excluding hydrogens is 372 g/mol. The summed E-state index contributed by atoms with van der Waals surface area (Å²) in [6.07, 6.45) is 3.09. The number of carbonyl (C=O) groups is 2. The molecule has 0 fully saturated rings. The van der Waals surface area contributed by atoms with Crippen LogP contribution in [0.4, 0.5) is 0 Å². The summed E-state index contributed by atoms with van der Waals surface area (Å²) in [6.45, 7) is 5.67. The van der Waals surface area contributed by atoms with Crippen molar-refractivity contribution in [1.29, 1.82) is 0 Å². The van der Waals surface area contributed by atoms with Crippen LogP contribution in [0.3, 0.4) is 0 Å². The van der Waals surface area contributed by atoms with Crippen LogP contribution in [0.15, 0.2) is 11.4 Å². The van der Waals surface area contributed by atoms with Crippen molar-refractivity contribution in [2.45, 2.75) is 38.8 Å². The predicted octanol–water partition coefficient (Wildman–Crippen LogP) is 3.72. The van der Waals surface area contributed by atoms with Crippen LogP contribution < -0.4 is 4.74 Å². The summed E-state index contributed by atoms with van der Waals surface area (Å²) >= 11 is 2.44. The SMILES string of the molecule is COc1sc(C(=O)O)c2c1-c1nc(SCC(=O)C(C)(C)C)ncc1CC2. The lowest BCUT2D eigenvalue weighted by atomic mass is 9.91. The van der Waals surface area contributed by atoms with E-state index < -0.39 is 11.4 Å². The number of rotatable bonds is 5. The van der Waals surface area contributed by atoms with Gasteiger partial charge in [-0.25, -0.2) is 14.8 Å². The second kappa shape index (κ2) is 7.00. The van der Waals surface area contributed by atoms with Crippen LogP contribution in [0.2, 0.25) is 0 Å². The normalized spacial score (nSPS) is 13.1. The number of aryl methyl sites for hydroxylation is 1. The molecule has 1 aliphatic carbocycles. The lowest BCUT2D eigenvalue weighted by molar-refractivity contribution is -0.123. The monoisotopic (exact) mass is 392 g/mol. The zero-order chi connectivity index (χ0) is 19.1. The number of methoxy groups -OCH3 is 1. The Hall–Kier alpha value is -1.93. The van der Waals surface area contributed by atoms with Gasteiger partial charge < -0.3 is 9.84 Å². The predicted molar refractivity (Wildman–Crippen MR) is 101 cm³/mol. The Labute approximate surface area is 160 Å². The van der Waals surface area contributed by atoms with Crippen LogP contribution in [0.1, 0.15) is 41.6 Å². The van der Waals surface area contributed by atoms with E-state index in [1.807, 2.05) is 20.8 Å². The molecule has 0 bridgehead atoms. The molecule has 0 atom stereocenters. The van der Waals surface area contributed by atoms with Gasteiger partial charge in [0.1, 0.15) is 10.7 Å². The standard InChI is InChI=1S/C18H20N2O4S2/c1-18(2,3)11(21)8-25-17-19-7-9-5-6-10-12(13(9)20-17)16(24-4)26-14(10)15(22)23/h7H,5-6,8H2,1-4H3,(H,22,23). The maximum atomic E-state index is 12.1. The fraction of sp³-hybridized carbons (Fsp3) is 0.444. The average molecular weight is 393 g/mol. The highest BCUT2D eigenvalue weighted by molar-refractivity contribution is 7.99. The first-order valence-corrected chi connectivity index (χ1v) is 9.98. The smallest absolute Gasteiger partial charge is 0.346 e. The van der Waals surface area contributed by atoms with Crippen LogP contribution in [0, 0.1) is 5.41 Å². The number of nitrogens with zero attached hydrogens (tertiary/aromatic N) is 2. The Morgan fingerprint density at radius 1 is 1.35 bits per heavy atom. The summed E-state index contributed by atoms with van der Waals surface area (Å²) in [7, 11) is 1.53. The van der Waals surface area contributed by atoms with Gasteiger partial charge in [0.05, 0.1) is 24.1 Å². The van der Waals surface area contributed by atoms with Crippen molar-refractivity contribution in [2.75, 3.05) is 12.9 Å². The number of hydrogen-bond acceptors (Lipinski definition) is 7. The molecule has 2 aromatic rings. The second-order valence-corrected chi connectivity index (χ2v) is 9.00. The zero-order valence-corrected chi connectivity index (χ0v) is 16.7. The zero-order valence-electron chi connectivity index (χ0n) is 15.1. The van der Waals surface area contributed by atoms with Crippen molar-refractivity contribution in [3.8, 4) is 16.3 Å². The number of carboxylic acid groups (broad SMARTS) is 1. The van der Waals surface area contributed by atoms with Gasteiger partial charge in [-0.3, -0.25) is 4.79 Å². The molecular formula is C18H20N2O4S2. The first-order valence-electron chi connectivity index (χ1n) is 8.17. The van der Waals surface area contributed by atoms with Crippen molar-refractivity contribution < 1.29 is 19.4 Å². The van der Waals surface area contributed by atoms with Gasteiger partial charge in [0.2, 0.25) is 0 Å². The Bertz CT molecular complexity index is 884. The molecule has 6 nitrogen and oxygen atoms in total. The number of aromatic nitrogens is 2. The molecule has 0 amide bonds. The number of aromatic carboxylic acids is 1. The molecule has 26 heavy (non-hydrogen) atoms. The summed E-state index contributed by atoms with van der Waals surface area (Å²) in [5, 5.41) is 10.5. The summed E-state index contributed by atoms with van der Waals surface area (Å²) in [5.74, 6) is -0.515. The number of thioether (sulfide) groups is 1. The van der Waals surface area contributed by atoms with Gasteiger partial charge >= 0.3 is 5.97 Å². The average Bonchev–Trinajstić information content (AvgIpc) is 2.98. The summed E-state index contributed by atoms with van der Waals surface area (Å²) < 4.78 is 5.42. The molecule has 3 rings (SSSR count). The Morgan fingerprint density at radius 3 is 2.69 bits per heavy atom. The second-order valence-electron chi connectivity index (χ2n) is 7.07. The van der Waals surface area contributed by atoms with Crippen molar-refractivity contribution in [3.63, 3.8) is 0 Å². The number of carboxylic acids is 1. The highest BCUT2D eigenvalue weighted by atomic mass is 32.2. The Balaban J connectivity index is 1.97. The molecule has 1 aliphatic rings. The fourth-order valence-electron chi connectivity index (χ4n) is 2.70. The van der Waals surface area contributed by atoms with E-state index in [4.69, 9.17) is 4.74 Å². The van der Waals surface area contributed by atoms with Crippen LogP contribution in [0.25, 0.3) is 11.3 Å².